The molecular formula is C21H25NO2. The van der Waals surface area contributed by atoms with Gasteiger partial charge in [0.2, 0.25) is 0 Å². The molecular weight excluding hydrogens is 298 g/mol. The number of nitrogens with zero attached hydrogens (tertiary/aromatic N) is 1. The van der Waals surface area contributed by atoms with Crippen LogP contribution in [0.15, 0.2) is 73.3 Å². The van der Waals surface area contributed by atoms with Gasteiger partial charge in [0, 0.05) is 13.1 Å². The number of carbonyl (C=O) groups is 1. The summed E-state index contributed by atoms with van der Waals surface area (Å²) in [6.45, 7) is 6.05. The minimum atomic E-state index is -0.184. The van der Waals surface area contributed by atoms with E-state index in [1.54, 1.807) is 0 Å². The molecule has 3 heteroatoms. The summed E-state index contributed by atoms with van der Waals surface area (Å²) in [6.07, 6.45) is 3.66. The summed E-state index contributed by atoms with van der Waals surface area (Å²) in [7, 11) is 0. The Labute approximate surface area is 144 Å². The van der Waals surface area contributed by atoms with Gasteiger partial charge in [-0.1, -0.05) is 66.7 Å². The minimum Gasteiger partial charge on any atom is -0.460 e. The van der Waals surface area contributed by atoms with Crippen molar-refractivity contribution in [1.82, 2.24) is 4.90 Å². The van der Waals surface area contributed by atoms with E-state index in [-0.39, 0.29) is 5.97 Å². The first kappa shape index (κ1) is 18.0. The standard InChI is InChI=1S/C21H25NO2/c1-2-3-15-22(16-14-19-10-6-4-7-11-19)17-21(23)24-18-20-12-8-5-9-13-20/h2,4-13H,1,3,14-18H2. The first-order valence-electron chi connectivity index (χ1n) is 8.34. The van der Waals surface area contributed by atoms with Gasteiger partial charge < -0.3 is 4.74 Å². The molecule has 0 saturated carbocycles. The third-order valence-electron chi connectivity index (χ3n) is 3.80. The predicted octanol–water partition coefficient (Wildman–Crippen LogP) is 3.85. The fourth-order valence-electron chi connectivity index (χ4n) is 2.44. The van der Waals surface area contributed by atoms with Crippen molar-refractivity contribution in [2.45, 2.75) is 19.4 Å². The maximum absolute atomic E-state index is 12.1. The van der Waals surface area contributed by atoms with Gasteiger partial charge in [0.05, 0.1) is 6.54 Å². The van der Waals surface area contributed by atoms with Crippen molar-refractivity contribution in [2.75, 3.05) is 19.6 Å². The van der Waals surface area contributed by atoms with Gasteiger partial charge in [0.1, 0.15) is 6.61 Å². The number of rotatable bonds is 10. The van der Waals surface area contributed by atoms with Crippen molar-refractivity contribution in [3.63, 3.8) is 0 Å². The van der Waals surface area contributed by atoms with Crippen LogP contribution in [-0.4, -0.2) is 30.5 Å². The Morgan fingerprint density at radius 1 is 0.958 bits per heavy atom. The van der Waals surface area contributed by atoms with Crippen LogP contribution in [-0.2, 0) is 22.6 Å². The van der Waals surface area contributed by atoms with E-state index in [9.17, 15) is 4.79 Å². The van der Waals surface area contributed by atoms with Crippen molar-refractivity contribution >= 4 is 5.97 Å². The fraction of sp³-hybridized carbons (Fsp3) is 0.286. The molecule has 0 bridgehead atoms. The van der Waals surface area contributed by atoms with Crippen LogP contribution in [0, 0.1) is 0 Å². The van der Waals surface area contributed by atoms with E-state index in [0.717, 1.165) is 31.5 Å². The molecule has 0 amide bonds. The third kappa shape index (κ3) is 6.80. The first-order chi connectivity index (χ1) is 11.8. The lowest BCUT2D eigenvalue weighted by Gasteiger charge is -2.20. The van der Waals surface area contributed by atoms with Crippen molar-refractivity contribution in [2.24, 2.45) is 0 Å². The molecule has 0 aromatic heterocycles. The maximum Gasteiger partial charge on any atom is 0.320 e. The Hall–Kier alpha value is -2.39. The molecule has 2 aromatic rings. The molecule has 2 aromatic carbocycles. The van der Waals surface area contributed by atoms with Crippen LogP contribution in [0.1, 0.15) is 17.5 Å². The van der Waals surface area contributed by atoms with Gasteiger partial charge in [-0.25, -0.2) is 0 Å². The molecule has 0 aliphatic heterocycles. The van der Waals surface area contributed by atoms with E-state index in [1.165, 1.54) is 5.56 Å². The van der Waals surface area contributed by atoms with Gasteiger partial charge in [0.25, 0.3) is 0 Å². The molecule has 0 radical (unpaired) electrons. The average molecular weight is 323 g/mol. The second kappa shape index (κ2) is 10.4. The number of hydrogen-bond donors (Lipinski definition) is 0. The van der Waals surface area contributed by atoms with E-state index < -0.39 is 0 Å². The molecule has 0 unspecified atom stereocenters. The highest BCUT2D eigenvalue weighted by atomic mass is 16.5. The molecule has 0 aliphatic carbocycles. The molecule has 126 valence electrons. The smallest absolute Gasteiger partial charge is 0.320 e. The lowest BCUT2D eigenvalue weighted by Crippen LogP contribution is -2.33. The van der Waals surface area contributed by atoms with Crippen LogP contribution in [0.25, 0.3) is 0 Å². The Morgan fingerprint density at radius 3 is 2.21 bits per heavy atom. The van der Waals surface area contributed by atoms with Gasteiger partial charge in [0.15, 0.2) is 0 Å². The summed E-state index contributed by atoms with van der Waals surface area (Å²) in [4.78, 5) is 14.2. The van der Waals surface area contributed by atoms with E-state index in [0.29, 0.717) is 13.2 Å². The summed E-state index contributed by atoms with van der Waals surface area (Å²) >= 11 is 0. The number of hydrogen-bond acceptors (Lipinski definition) is 3. The largest absolute Gasteiger partial charge is 0.460 e. The SMILES string of the molecule is C=CCCN(CCc1ccccc1)CC(=O)OCc1ccccc1. The van der Waals surface area contributed by atoms with Gasteiger partial charge in [-0.15, -0.1) is 6.58 Å². The van der Waals surface area contributed by atoms with Gasteiger partial charge in [-0.3, -0.25) is 9.69 Å². The van der Waals surface area contributed by atoms with Crippen LogP contribution >= 0.6 is 0 Å². The van der Waals surface area contributed by atoms with E-state index >= 15 is 0 Å². The Bertz CT molecular complexity index is 610. The van der Waals surface area contributed by atoms with Gasteiger partial charge in [-0.05, 0) is 24.0 Å². The Balaban J connectivity index is 1.80. The fourth-order valence-corrected chi connectivity index (χ4v) is 2.44. The highest BCUT2D eigenvalue weighted by Crippen LogP contribution is 2.04. The zero-order valence-electron chi connectivity index (χ0n) is 14.1. The molecule has 0 N–H and O–H groups in total. The lowest BCUT2D eigenvalue weighted by molar-refractivity contribution is -0.146. The molecule has 0 saturated heterocycles. The minimum absolute atomic E-state index is 0.184. The number of ether oxygens (including phenoxy) is 1. The topological polar surface area (TPSA) is 29.5 Å². The molecule has 3 nitrogen and oxygen atoms in total. The van der Waals surface area contributed by atoms with Crippen molar-refractivity contribution in [3.8, 4) is 0 Å². The first-order valence-corrected chi connectivity index (χ1v) is 8.34. The van der Waals surface area contributed by atoms with Gasteiger partial charge in [-0.2, -0.15) is 0 Å². The van der Waals surface area contributed by atoms with Crippen LogP contribution in [0.4, 0.5) is 0 Å². The van der Waals surface area contributed by atoms with Crippen molar-refractivity contribution < 1.29 is 9.53 Å². The summed E-state index contributed by atoms with van der Waals surface area (Å²) < 4.78 is 5.38. The molecule has 24 heavy (non-hydrogen) atoms. The van der Waals surface area contributed by atoms with E-state index in [1.807, 2.05) is 54.6 Å². The Kier molecular flexibility index (Phi) is 7.78. The zero-order chi connectivity index (χ0) is 17.0. The number of carbonyl (C=O) groups excluding carboxylic acids is 1. The number of benzene rings is 2. The molecule has 0 atom stereocenters. The summed E-state index contributed by atoms with van der Waals surface area (Å²) in [5.74, 6) is -0.184. The second-order valence-electron chi connectivity index (χ2n) is 5.74. The van der Waals surface area contributed by atoms with Crippen molar-refractivity contribution in [3.05, 3.63) is 84.4 Å². The lowest BCUT2D eigenvalue weighted by atomic mass is 10.1. The number of esters is 1. The average Bonchev–Trinajstić information content (AvgIpc) is 2.64. The van der Waals surface area contributed by atoms with Crippen LogP contribution in [0.2, 0.25) is 0 Å². The Morgan fingerprint density at radius 2 is 1.58 bits per heavy atom. The third-order valence-corrected chi connectivity index (χ3v) is 3.80. The molecule has 0 fully saturated rings. The van der Waals surface area contributed by atoms with Gasteiger partial charge >= 0.3 is 5.97 Å². The van der Waals surface area contributed by atoms with Crippen molar-refractivity contribution in [1.29, 1.82) is 0 Å². The summed E-state index contributed by atoms with van der Waals surface area (Å²) in [5.41, 5.74) is 2.28. The molecule has 0 heterocycles. The van der Waals surface area contributed by atoms with E-state index in [4.69, 9.17) is 4.74 Å². The normalized spacial score (nSPS) is 10.5. The molecule has 0 aliphatic rings. The highest BCUT2D eigenvalue weighted by molar-refractivity contribution is 5.71. The summed E-state index contributed by atoms with van der Waals surface area (Å²) in [5, 5.41) is 0. The summed E-state index contributed by atoms with van der Waals surface area (Å²) in [6, 6.07) is 20.1. The highest BCUT2D eigenvalue weighted by Gasteiger charge is 2.11. The second-order valence-corrected chi connectivity index (χ2v) is 5.74. The zero-order valence-corrected chi connectivity index (χ0v) is 14.1. The molecule has 0 spiro atoms. The van der Waals surface area contributed by atoms with E-state index in [2.05, 4.69) is 23.6 Å². The molecule has 2 rings (SSSR count). The predicted molar refractivity (Wildman–Crippen MR) is 97.6 cm³/mol. The van der Waals surface area contributed by atoms with Crippen LogP contribution in [0.5, 0.6) is 0 Å². The quantitative estimate of drug-likeness (QED) is 0.491. The van der Waals surface area contributed by atoms with Crippen LogP contribution in [0.3, 0.4) is 0 Å². The van der Waals surface area contributed by atoms with Crippen LogP contribution < -0.4 is 0 Å². The maximum atomic E-state index is 12.1. The monoisotopic (exact) mass is 323 g/mol.